The summed E-state index contributed by atoms with van der Waals surface area (Å²) in [5, 5.41) is 13.4. The molecule has 0 unspecified atom stereocenters. The van der Waals surface area contributed by atoms with Crippen LogP contribution < -0.4 is 5.14 Å². The van der Waals surface area contributed by atoms with E-state index in [-0.39, 0.29) is 11.3 Å². The van der Waals surface area contributed by atoms with E-state index >= 15 is 0 Å². The third-order valence-corrected chi connectivity index (χ3v) is 4.24. The average Bonchev–Trinajstić information content (AvgIpc) is 2.43. The van der Waals surface area contributed by atoms with Crippen molar-refractivity contribution >= 4 is 27.3 Å². The largest absolute Gasteiger partial charge is 0.477 e. The molecule has 5 nitrogen and oxygen atoms in total. The maximum absolute atomic E-state index is 12.1. The number of aromatic carboxylic acids is 1. The molecule has 0 aliphatic carbocycles. The van der Waals surface area contributed by atoms with Gasteiger partial charge in [-0.05, 0) is 11.6 Å². The summed E-state index contributed by atoms with van der Waals surface area (Å²) in [5.74, 6) is -1.62. The molecule has 0 radical (unpaired) electrons. The number of halogens is 3. The van der Waals surface area contributed by atoms with E-state index in [1.807, 2.05) is 0 Å². The van der Waals surface area contributed by atoms with Gasteiger partial charge in [0, 0.05) is 0 Å². The molecule has 17 heavy (non-hydrogen) atoms. The fourth-order valence-corrected chi connectivity index (χ4v) is 2.84. The molecular weight excluding hydrogens is 283 g/mol. The fourth-order valence-electron chi connectivity index (χ4n) is 1.07. The monoisotopic (exact) mass is 289 g/mol. The van der Waals surface area contributed by atoms with Crippen LogP contribution in [0.15, 0.2) is 10.3 Å². The number of carboxylic acids is 1. The summed E-state index contributed by atoms with van der Waals surface area (Å²) in [5.41, 5.74) is -0.612. The number of rotatable bonds is 3. The predicted molar refractivity (Wildman–Crippen MR) is 52.4 cm³/mol. The Labute approximate surface area is 97.7 Å². The van der Waals surface area contributed by atoms with Crippen molar-refractivity contribution in [3.05, 3.63) is 16.5 Å². The Morgan fingerprint density at radius 2 is 2.00 bits per heavy atom. The summed E-state index contributed by atoms with van der Waals surface area (Å²) >= 11 is 0.203. The first kappa shape index (κ1) is 13.9. The van der Waals surface area contributed by atoms with Gasteiger partial charge in [0.15, 0.2) is 0 Å². The number of nitrogens with two attached hydrogens (primary N) is 1. The second-order valence-electron chi connectivity index (χ2n) is 3.06. The van der Waals surface area contributed by atoms with E-state index in [2.05, 4.69) is 0 Å². The van der Waals surface area contributed by atoms with Gasteiger partial charge in [0.1, 0.15) is 9.09 Å². The zero-order chi connectivity index (χ0) is 13.4. The Kier molecular flexibility index (Phi) is 3.50. The van der Waals surface area contributed by atoms with Crippen LogP contribution in [0.2, 0.25) is 0 Å². The van der Waals surface area contributed by atoms with Crippen LogP contribution >= 0.6 is 11.3 Å². The summed E-state index contributed by atoms with van der Waals surface area (Å²) in [6.07, 6.45) is -6.14. The molecule has 0 bridgehead atoms. The highest BCUT2D eigenvalue weighted by atomic mass is 32.2. The summed E-state index contributed by atoms with van der Waals surface area (Å²) in [6.45, 7) is 0. The lowest BCUT2D eigenvalue weighted by Gasteiger charge is -2.04. The average molecular weight is 289 g/mol. The molecule has 0 fully saturated rings. The third kappa shape index (κ3) is 3.68. The minimum Gasteiger partial charge on any atom is -0.477 e. The Hall–Kier alpha value is -1.13. The van der Waals surface area contributed by atoms with E-state index in [0.29, 0.717) is 6.07 Å². The Bertz CT molecular complexity index is 546. The minimum absolute atomic E-state index is 0.203. The molecule has 1 aromatic rings. The lowest BCUT2D eigenvalue weighted by Crippen LogP contribution is -2.13. The van der Waals surface area contributed by atoms with Crippen molar-refractivity contribution in [2.45, 2.75) is 16.8 Å². The second kappa shape index (κ2) is 4.27. The van der Waals surface area contributed by atoms with Gasteiger partial charge in [-0.15, -0.1) is 11.3 Å². The highest BCUT2D eigenvalue weighted by Gasteiger charge is 2.32. The molecule has 0 aromatic carbocycles. The predicted octanol–water partition coefficient (Wildman–Crippen LogP) is 1.20. The maximum Gasteiger partial charge on any atom is 0.393 e. The van der Waals surface area contributed by atoms with Crippen LogP contribution in [0.3, 0.4) is 0 Å². The van der Waals surface area contributed by atoms with Gasteiger partial charge in [-0.25, -0.2) is 18.4 Å². The van der Waals surface area contributed by atoms with Crippen LogP contribution in [0.5, 0.6) is 0 Å². The molecular formula is C7H6F3NO4S2. The zero-order valence-electron chi connectivity index (χ0n) is 7.98. The first-order chi connectivity index (χ1) is 7.50. The second-order valence-corrected chi connectivity index (χ2v) is 5.90. The van der Waals surface area contributed by atoms with E-state index in [4.69, 9.17) is 10.2 Å². The highest BCUT2D eigenvalue weighted by Crippen LogP contribution is 2.30. The van der Waals surface area contributed by atoms with Crippen molar-refractivity contribution in [3.63, 3.8) is 0 Å². The van der Waals surface area contributed by atoms with Crippen LogP contribution in [-0.4, -0.2) is 25.7 Å². The SMILES string of the molecule is NS(=O)(=O)c1cc(CC(F)(F)F)c(C(=O)O)s1. The lowest BCUT2D eigenvalue weighted by molar-refractivity contribution is -0.127. The molecule has 3 N–H and O–H groups in total. The van der Waals surface area contributed by atoms with Crippen molar-refractivity contribution in [1.82, 2.24) is 0 Å². The smallest absolute Gasteiger partial charge is 0.393 e. The quantitative estimate of drug-likeness (QED) is 0.873. The van der Waals surface area contributed by atoms with Crippen molar-refractivity contribution in [1.29, 1.82) is 0 Å². The van der Waals surface area contributed by atoms with Gasteiger partial charge >= 0.3 is 12.1 Å². The van der Waals surface area contributed by atoms with Crippen LogP contribution in [0.4, 0.5) is 13.2 Å². The Morgan fingerprint density at radius 1 is 1.47 bits per heavy atom. The van der Waals surface area contributed by atoms with Crippen molar-refractivity contribution < 1.29 is 31.5 Å². The number of carboxylic acid groups (broad SMARTS) is 1. The van der Waals surface area contributed by atoms with E-state index in [1.54, 1.807) is 0 Å². The van der Waals surface area contributed by atoms with Gasteiger partial charge in [-0.1, -0.05) is 0 Å². The van der Waals surface area contributed by atoms with E-state index < -0.39 is 43.2 Å². The minimum atomic E-state index is -4.62. The van der Waals surface area contributed by atoms with Gasteiger partial charge in [0.2, 0.25) is 10.0 Å². The van der Waals surface area contributed by atoms with Gasteiger partial charge in [-0.2, -0.15) is 13.2 Å². The topological polar surface area (TPSA) is 97.5 Å². The molecule has 1 rings (SSSR count). The Morgan fingerprint density at radius 3 is 2.35 bits per heavy atom. The lowest BCUT2D eigenvalue weighted by atomic mass is 10.2. The van der Waals surface area contributed by atoms with Crippen molar-refractivity contribution in [2.75, 3.05) is 0 Å². The fraction of sp³-hybridized carbons (Fsp3) is 0.286. The molecule has 0 amide bonds. The summed E-state index contributed by atoms with van der Waals surface area (Å²) in [4.78, 5) is 9.98. The van der Waals surface area contributed by atoms with Gasteiger partial charge in [0.05, 0.1) is 6.42 Å². The normalized spacial score (nSPS) is 12.7. The zero-order valence-corrected chi connectivity index (χ0v) is 9.62. The molecule has 0 aliphatic heterocycles. The molecule has 0 spiro atoms. The highest BCUT2D eigenvalue weighted by molar-refractivity contribution is 7.91. The molecule has 1 aromatic heterocycles. The van der Waals surface area contributed by atoms with Crippen molar-refractivity contribution in [2.24, 2.45) is 5.14 Å². The molecule has 0 saturated heterocycles. The van der Waals surface area contributed by atoms with Crippen LogP contribution in [-0.2, 0) is 16.4 Å². The number of carbonyl (C=O) groups is 1. The molecule has 0 saturated carbocycles. The van der Waals surface area contributed by atoms with E-state index in [0.717, 1.165) is 0 Å². The third-order valence-electron chi connectivity index (χ3n) is 1.65. The molecule has 1 heterocycles. The van der Waals surface area contributed by atoms with Crippen LogP contribution in [0.25, 0.3) is 0 Å². The first-order valence-electron chi connectivity index (χ1n) is 3.96. The number of alkyl halides is 3. The summed E-state index contributed by atoms with van der Waals surface area (Å²) in [6, 6.07) is 0.636. The van der Waals surface area contributed by atoms with E-state index in [9.17, 15) is 26.4 Å². The van der Waals surface area contributed by atoms with Gasteiger partial charge in [-0.3, -0.25) is 0 Å². The van der Waals surface area contributed by atoms with Crippen LogP contribution in [0.1, 0.15) is 15.2 Å². The molecule has 0 aliphatic rings. The standard InChI is InChI=1S/C7H6F3NO4S2/c8-7(9,10)2-3-1-4(17(11,14)15)16-5(3)6(12)13/h1H,2H2,(H,12,13)(H2,11,14,15). The number of sulfonamides is 1. The van der Waals surface area contributed by atoms with Gasteiger partial charge < -0.3 is 5.11 Å². The number of thiophene rings is 1. The van der Waals surface area contributed by atoms with E-state index in [1.165, 1.54) is 0 Å². The summed E-state index contributed by atoms with van der Waals surface area (Å²) in [7, 11) is -4.21. The summed E-state index contributed by atoms with van der Waals surface area (Å²) < 4.78 is 57.6. The molecule has 10 heteroatoms. The molecule has 96 valence electrons. The molecule has 0 atom stereocenters. The van der Waals surface area contributed by atoms with Crippen LogP contribution in [0, 0.1) is 0 Å². The maximum atomic E-state index is 12.1. The Balaban J connectivity index is 3.29. The first-order valence-corrected chi connectivity index (χ1v) is 6.32. The number of primary sulfonamides is 1. The number of hydrogen-bond acceptors (Lipinski definition) is 4. The van der Waals surface area contributed by atoms with Crippen molar-refractivity contribution in [3.8, 4) is 0 Å². The van der Waals surface area contributed by atoms with Gasteiger partial charge in [0.25, 0.3) is 0 Å². The number of hydrogen-bond donors (Lipinski definition) is 2.